The molecule has 0 saturated heterocycles. The molecule has 0 N–H and O–H groups in total. The minimum atomic E-state index is 0.598. The maximum Gasteiger partial charge on any atom is 0.122 e. The number of allylic oxidation sites excluding steroid dienone is 1. The molecule has 0 spiro atoms. The summed E-state index contributed by atoms with van der Waals surface area (Å²) < 4.78 is 10.3. The minimum absolute atomic E-state index is 0.598. The van der Waals surface area contributed by atoms with Gasteiger partial charge in [0.1, 0.15) is 11.5 Å². The van der Waals surface area contributed by atoms with Crippen LogP contribution in [0.15, 0.2) is 29.8 Å². The molecule has 0 unspecified atom stereocenters. The fraction of sp³-hybridized carbons (Fsp3) is 0.273. The summed E-state index contributed by atoms with van der Waals surface area (Å²) in [6.07, 6.45) is 0.620. The third-order valence-electron chi connectivity index (χ3n) is 1.81. The molecule has 14 heavy (non-hydrogen) atoms. The van der Waals surface area contributed by atoms with Gasteiger partial charge < -0.3 is 9.47 Å². The molecule has 0 fully saturated rings. The molecule has 0 aliphatic rings. The molecule has 0 bridgehead atoms. The van der Waals surface area contributed by atoms with E-state index < -0.39 is 0 Å². The van der Waals surface area contributed by atoms with Crippen LogP contribution < -0.4 is 9.47 Å². The number of ether oxygens (including phenoxy) is 2. The predicted octanol–water partition coefficient (Wildman–Crippen LogP) is 3.00. The second kappa shape index (κ2) is 4.91. The second-order valence-corrected chi connectivity index (χ2v) is 3.45. The highest BCUT2D eigenvalue weighted by molar-refractivity contribution is 6.29. The van der Waals surface area contributed by atoms with Crippen molar-refractivity contribution >= 4 is 11.6 Å². The number of benzene rings is 1. The van der Waals surface area contributed by atoms with Crippen molar-refractivity contribution in [2.45, 2.75) is 6.42 Å². The van der Waals surface area contributed by atoms with Crippen LogP contribution in [0.25, 0.3) is 0 Å². The van der Waals surface area contributed by atoms with Crippen molar-refractivity contribution in [1.29, 1.82) is 0 Å². The monoisotopic (exact) mass is 212 g/mol. The molecule has 0 aliphatic heterocycles. The topological polar surface area (TPSA) is 18.5 Å². The zero-order valence-corrected chi connectivity index (χ0v) is 9.10. The van der Waals surface area contributed by atoms with Gasteiger partial charge in [-0.3, -0.25) is 0 Å². The molecule has 3 heteroatoms. The molecule has 1 aromatic rings. The van der Waals surface area contributed by atoms with E-state index in [1.807, 2.05) is 18.2 Å². The lowest BCUT2D eigenvalue weighted by atomic mass is 10.1. The normalized spacial score (nSPS) is 9.64. The highest BCUT2D eigenvalue weighted by atomic mass is 35.5. The third-order valence-corrected chi connectivity index (χ3v) is 1.94. The van der Waals surface area contributed by atoms with Gasteiger partial charge in [0.05, 0.1) is 14.2 Å². The zero-order chi connectivity index (χ0) is 10.6. The first kappa shape index (κ1) is 10.9. The molecule has 0 amide bonds. The van der Waals surface area contributed by atoms with Crippen LogP contribution in [0.4, 0.5) is 0 Å². The average Bonchev–Trinajstić information content (AvgIpc) is 2.16. The lowest BCUT2D eigenvalue weighted by Crippen LogP contribution is -1.91. The summed E-state index contributed by atoms with van der Waals surface area (Å²) in [6, 6.07) is 5.65. The first-order chi connectivity index (χ1) is 6.65. The van der Waals surface area contributed by atoms with E-state index in [2.05, 4.69) is 6.58 Å². The number of rotatable bonds is 4. The van der Waals surface area contributed by atoms with Crippen LogP contribution in [0.2, 0.25) is 0 Å². The van der Waals surface area contributed by atoms with Gasteiger partial charge in [0.15, 0.2) is 0 Å². The van der Waals surface area contributed by atoms with Gasteiger partial charge in [-0.15, -0.1) is 0 Å². The van der Waals surface area contributed by atoms with Crippen LogP contribution in [0.1, 0.15) is 5.56 Å². The SMILES string of the molecule is C=C(Cl)Cc1cc(OC)cc(OC)c1. The van der Waals surface area contributed by atoms with Crippen LogP contribution in [0.3, 0.4) is 0 Å². The van der Waals surface area contributed by atoms with Crippen LogP contribution in [-0.4, -0.2) is 14.2 Å². The summed E-state index contributed by atoms with van der Waals surface area (Å²) >= 11 is 5.73. The molecule has 1 aromatic carbocycles. The van der Waals surface area contributed by atoms with Crippen molar-refractivity contribution in [3.8, 4) is 11.5 Å². The molecular weight excluding hydrogens is 200 g/mol. The van der Waals surface area contributed by atoms with E-state index in [4.69, 9.17) is 21.1 Å². The van der Waals surface area contributed by atoms with E-state index in [0.29, 0.717) is 11.5 Å². The van der Waals surface area contributed by atoms with Gasteiger partial charge in [0, 0.05) is 17.5 Å². The first-order valence-electron chi connectivity index (χ1n) is 4.21. The van der Waals surface area contributed by atoms with Crippen molar-refractivity contribution in [3.05, 3.63) is 35.4 Å². The fourth-order valence-electron chi connectivity index (χ4n) is 1.19. The number of hydrogen-bond acceptors (Lipinski definition) is 2. The lowest BCUT2D eigenvalue weighted by molar-refractivity contribution is 0.393. The molecule has 0 aromatic heterocycles. The molecule has 1 rings (SSSR count). The van der Waals surface area contributed by atoms with Crippen molar-refractivity contribution in [3.63, 3.8) is 0 Å². The van der Waals surface area contributed by atoms with Gasteiger partial charge >= 0.3 is 0 Å². The Bertz CT molecular complexity index is 312. The van der Waals surface area contributed by atoms with E-state index in [9.17, 15) is 0 Å². The summed E-state index contributed by atoms with van der Waals surface area (Å²) in [5, 5.41) is 0.598. The van der Waals surface area contributed by atoms with E-state index in [1.54, 1.807) is 14.2 Å². The van der Waals surface area contributed by atoms with Gasteiger partial charge in [-0.05, 0) is 17.7 Å². The Morgan fingerprint density at radius 1 is 1.21 bits per heavy atom. The Balaban J connectivity index is 2.98. The van der Waals surface area contributed by atoms with E-state index >= 15 is 0 Å². The van der Waals surface area contributed by atoms with Crippen LogP contribution in [0.5, 0.6) is 11.5 Å². The van der Waals surface area contributed by atoms with Crippen molar-refractivity contribution in [2.75, 3.05) is 14.2 Å². The maximum atomic E-state index is 5.73. The van der Waals surface area contributed by atoms with Crippen LogP contribution in [-0.2, 0) is 6.42 Å². The molecule has 76 valence electrons. The molecule has 0 aliphatic carbocycles. The van der Waals surface area contributed by atoms with E-state index in [1.165, 1.54) is 0 Å². The van der Waals surface area contributed by atoms with Crippen molar-refractivity contribution in [1.82, 2.24) is 0 Å². The van der Waals surface area contributed by atoms with Gasteiger partial charge in [-0.25, -0.2) is 0 Å². The summed E-state index contributed by atoms with van der Waals surface area (Å²) in [5.41, 5.74) is 1.03. The Morgan fingerprint density at radius 2 is 1.71 bits per heavy atom. The van der Waals surface area contributed by atoms with Crippen molar-refractivity contribution < 1.29 is 9.47 Å². The zero-order valence-electron chi connectivity index (χ0n) is 8.34. The summed E-state index contributed by atoms with van der Waals surface area (Å²) in [4.78, 5) is 0. The standard InChI is InChI=1S/C11H13ClO2/c1-8(12)4-9-5-10(13-2)7-11(6-9)14-3/h5-7H,1,4H2,2-3H3. The number of halogens is 1. The summed E-state index contributed by atoms with van der Waals surface area (Å²) in [5.74, 6) is 1.52. The van der Waals surface area contributed by atoms with E-state index in [0.717, 1.165) is 17.1 Å². The Kier molecular flexibility index (Phi) is 3.84. The number of hydrogen-bond donors (Lipinski definition) is 0. The van der Waals surface area contributed by atoms with Crippen LogP contribution in [0, 0.1) is 0 Å². The average molecular weight is 213 g/mol. The summed E-state index contributed by atoms with van der Waals surface area (Å²) in [6.45, 7) is 3.65. The molecular formula is C11H13ClO2. The van der Waals surface area contributed by atoms with E-state index in [-0.39, 0.29) is 0 Å². The fourth-order valence-corrected chi connectivity index (χ4v) is 1.34. The van der Waals surface area contributed by atoms with Crippen molar-refractivity contribution in [2.24, 2.45) is 0 Å². The van der Waals surface area contributed by atoms with Gasteiger partial charge in [-0.2, -0.15) is 0 Å². The second-order valence-electron chi connectivity index (χ2n) is 2.91. The molecule has 0 heterocycles. The minimum Gasteiger partial charge on any atom is -0.497 e. The predicted molar refractivity (Wildman–Crippen MR) is 58.2 cm³/mol. The number of methoxy groups -OCH3 is 2. The Hall–Kier alpha value is -1.15. The smallest absolute Gasteiger partial charge is 0.122 e. The lowest BCUT2D eigenvalue weighted by Gasteiger charge is -2.07. The molecule has 0 saturated carbocycles. The Morgan fingerprint density at radius 3 is 2.07 bits per heavy atom. The summed E-state index contributed by atoms with van der Waals surface area (Å²) in [7, 11) is 3.24. The molecule has 0 atom stereocenters. The van der Waals surface area contributed by atoms with Gasteiger partial charge in [0.2, 0.25) is 0 Å². The highest BCUT2D eigenvalue weighted by Gasteiger charge is 2.02. The first-order valence-corrected chi connectivity index (χ1v) is 4.58. The molecule has 2 nitrogen and oxygen atoms in total. The maximum absolute atomic E-state index is 5.73. The van der Waals surface area contributed by atoms with Gasteiger partial charge in [0.25, 0.3) is 0 Å². The largest absolute Gasteiger partial charge is 0.497 e. The highest BCUT2D eigenvalue weighted by Crippen LogP contribution is 2.24. The van der Waals surface area contributed by atoms with Gasteiger partial charge in [-0.1, -0.05) is 18.2 Å². The third kappa shape index (κ3) is 2.96. The molecule has 0 radical (unpaired) electrons. The Labute approximate surface area is 89.1 Å². The quantitative estimate of drug-likeness (QED) is 0.764. The van der Waals surface area contributed by atoms with Crippen LogP contribution >= 0.6 is 11.6 Å².